The Morgan fingerprint density at radius 1 is 1.04 bits per heavy atom. The summed E-state index contributed by atoms with van der Waals surface area (Å²) in [5.74, 6) is 0. The summed E-state index contributed by atoms with van der Waals surface area (Å²) in [6.07, 6.45) is 3.88. The minimum Gasteiger partial charge on any atom is -0.314 e. The fraction of sp³-hybridized carbons (Fsp3) is 0.684. The van der Waals surface area contributed by atoms with Crippen LogP contribution in [0.1, 0.15) is 64.1 Å². The maximum atomic E-state index is 3.46. The molecule has 0 aromatic heterocycles. The van der Waals surface area contributed by atoms with Gasteiger partial charge in [0.1, 0.15) is 0 Å². The van der Waals surface area contributed by atoms with E-state index < -0.39 is 0 Å². The molecule has 0 amide bonds. The van der Waals surface area contributed by atoms with E-state index in [0.29, 0.717) is 6.04 Å². The predicted molar refractivity (Wildman–Crippen MR) is 106 cm³/mol. The van der Waals surface area contributed by atoms with Crippen molar-refractivity contribution in [3.05, 3.63) is 35.4 Å². The van der Waals surface area contributed by atoms with Crippen LogP contribution in [0, 0.1) is 0 Å². The molecule has 1 saturated heterocycles. The number of halogens is 2. The van der Waals surface area contributed by atoms with Gasteiger partial charge < -0.3 is 5.32 Å². The van der Waals surface area contributed by atoms with Crippen molar-refractivity contribution in [3.63, 3.8) is 0 Å². The molecule has 1 aromatic rings. The number of rotatable bonds is 5. The van der Waals surface area contributed by atoms with Gasteiger partial charge in [-0.3, -0.25) is 4.90 Å². The number of nitrogens with one attached hydrogen (secondary N) is 1. The van der Waals surface area contributed by atoms with E-state index in [9.17, 15) is 0 Å². The Morgan fingerprint density at radius 2 is 1.61 bits per heavy atom. The number of nitrogens with zero attached hydrogens (tertiary/aromatic N) is 1. The lowest BCUT2D eigenvalue weighted by Crippen LogP contribution is -2.45. The SMILES string of the molecule is CCCC[C@H](c1ccc(C(C)(C)C)cc1)N1CCNCC1.Cl.Cl. The van der Waals surface area contributed by atoms with Crippen LogP contribution >= 0.6 is 24.8 Å². The van der Waals surface area contributed by atoms with Crippen LogP contribution in [0.3, 0.4) is 0 Å². The summed E-state index contributed by atoms with van der Waals surface area (Å²) in [6.45, 7) is 13.8. The molecule has 0 aliphatic carbocycles. The first-order valence-electron chi connectivity index (χ1n) is 8.57. The molecular formula is C19H34Cl2N2. The maximum Gasteiger partial charge on any atom is 0.0349 e. The van der Waals surface area contributed by atoms with E-state index in [2.05, 4.69) is 62.2 Å². The first-order valence-corrected chi connectivity index (χ1v) is 8.57. The number of hydrogen-bond donors (Lipinski definition) is 1. The van der Waals surface area contributed by atoms with Gasteiger partial charge in [-0.05, 0) is 23.0 Å². The molecule has 1 aromatic carbocycles. The number of piperazine rings is 1. The van der Waals surface area contributed by atoms with Gasteiger partial charge in [0.2, 0.25) is 0 Å². The molecule has 134 valence electrons. The van der Waals surface area contributed by atoms with Crippen molar-refractivity contribution in [1.82, 2.24) is 10.2 Å². The van der Waals surface area contributed by atoms with Gasteiger partial charge in [0.25, 0.3) is 0 Å². The van der Waals surface area contributed by atoms with Crippen molar-refractivity contribution in [2.45, 2.75) is 58.4 Å². The second-order valence-corrected chi connectivity index (χ2v) is 7.32. The van der Waals surface area contributed by atoms with Crippen LogP contribution in [-0.2, 0) is 5.41 Å². The fourth-order valence-corrected chi connectivity index (χ4v) is 3.16. The van der Waals surface area contributed by atoms with E-state index in [1.807, 2.05) is 0 Å². The second kappa shape index (κ2) is 10.6. The average Bonchev–Trinajstić information content (AvgIpc) is 2.48. The Balaban J connectivity index is 0.00000242. The summed E-state index contributed by atoms with van der Waals surface area (Å²) in [4.78, 5) is 2.66. The third kappa shape index (κ3) is 6.62. The Bertz CT molecular complexity index is 420. The molecular weight excluding hydrogens is 327 g/mol. The van der Waals surface area contributed by atoms with Gasteiger partial charge in [-0.2, -0.15) is 0 Å². The van der Waals surface area contributed by atoms with Crippen LogP contribution in [0.25, 0.3) is 0 Å². The largest absolute Gasteiger partial charge is 0.314 e. The fourth-order valence-electron chi connectivity index (χ4n) is 3.16. The van der Waals surface area contributed by atoms with Gasteiger partial charge in [-0.15, -0.1) is 24.8 Å². The van der Waals surface area contributed by atoms with E-state index >= 15 is 0 Å². The third-order valence-electron chi connectivity index (χ3n) is 4.58. The Labute approximate surface area is 155 Å². The molecule has 0 saturated carbocycles. The number of hydrogen-bond acceptors (Lipinski definition) is 2. The predicted octanol–water partition coefficient (Wildman–Crippen LogP) is 4.96. The smallest absolute Gasteiger partial charge is 0.0349 e. The van der Waals surface area contributed by atoms with E-state index in [-0.39, 0.29) is 30.2 Å². The Morgan fingerprint density at radius 3 is 2.09 bits per heavy atom. The van der Waals surface area contributed by atoms with Crippen molar-refractivity contribution < 1.29 is 0 Å². The van der Waals surface area contributed by atoms with Gasteiger partial charge in [-0.1, -0.05) is 64.8 Å². The highest BCUT2D eigenvalue weighted by molar-refractivity contribution is 5.85. The van der Waals surface area contributed by atoms with E-state index in [4.69, 9.17) is 0 Å². The molecule has 1 atom stereocenters. The highest BCUT2D eigenvalue weighted by Gasteiger charge is 2.22. The minimum absolute atomic E-state index is 0. The zero-order valence-corrected chi connectivity index (χ0v) is 16.7. The first-order chi connectivity index (χ1) is 10.0. The number of benzene rings is 1. The molecule has 1 N–H and O–H groups in total. The van der Waals surface area contributed by atoms with Crippen LogP contribution in [0.15, 0.2) is 24.3 Å². The molecule has 4 heteroatoms. The minimum atomic E-state index is 0. The van der Waals surface area contributed by atoms with Gasteiger partial charge in [0, 0.05) is 32.2 Å². The van der Waals surface area contributed by atoms with Crippen molar-refractivity contribution in [2.24, 2.45) is 0 Å². The van der Waals surface area contributed by atoms with Crippen molar-refractivity contribution >= 4 is 24.8 Å². The third-order valence-corrected chi connectivity index (χ3v) is 4.58. The van der Waals surface area contributed by atoms with Crippen LogP contribution < -0.4 is 5.32 Å². The summed E-state index contributed by atoms with van der Waals surface area (Å²) in [5.41, 5.74) is 3.17. The molecule has 0 bridgehead atoms. The summed E-state index contributed by atoms with van der Waals surface area (Å²) >= 11 is 0. The Kier molecular flexibility index (Phi) is 10.4. The molecule has 2 nitrogen and oxygen atoms in total. The lowest BCUT2D eigenvalue weighted by atomic mass is 9.86. The van der Waals surface area contributed by atoms with Gasteiger partial charge in [0.15, 0.2) is 0 Å². The Hall–Kier alpha value is -0.280. The van der Waals surface area contributed by atoms with E-state index in [1.54, 1.807) is 0 Å². The van der Waals surface area contributed by atoms with Crippen molar-refractivity contribution in [2.75, 3.05) is 26.2 Å². The highest BCUT2D eigenvalue weighted by Crippen LogP contribution is 2.29. The first kappa shape index (κ1) is 22.7. The maximum absolute atomic E-state index is 3.46. The van der Waals surface area contributed by atoms with Crippen molar-refractivity contribution in [3.8, 4) is 0 Å². The molecule has 1 aliphatic rings. The van der Waals surface area contributed by atoms with Gasteiger partial charge in [0.05, 0.1) is 0 Å². The van der Waals surface area contributed by atoms with E-state index in [1.165, 1.54) is 43.5 Å². The highest BCUT2D eigenvalue weighted by atomic mass is 35.5. The monoisotopic (exact) mass is 360 g/mol. The van der Waals surface area contributed by atoms with Crippen LogP contribution in [-0.4, -0.2) is 31.1 Å². The molecule has 0 radical (unpaired) electrons. The lowest BCUT2D eigenvalue weighted by molar-refractivity contribution is 0.163. The van der Waals surface area contributed by atoms with Gasteiger partial charge in [-0.25, -0.2) is 0 Å². The van der Waals surface area contributed by atoms with Crippen LogP contribution in [0.5, 0.6) is 0 Å². The molecule has 0 unspecified atom stereocenters. The molecule has 0 spiro atoms. The van der Waals surface area contributed by atoms with Crippen LogP contribution in [0.2, 0.25) is 0 Å². The zero-order chi connectivity index (χ0) is 15.3. The van der Waals surface area contributed by atoms with Crippen molar-refractivity contribution in [1.29, 1.82) is 0 Å². The quantitative estimate of drug-likeness (QED) is 0.797. The zero-order valence-electron chi connectivity index (χ0n) is 15.1. The molecule has 2 rings (SSSR count). The molecule has 1 fully saturated rings. The summed E-state index contributed by atoms with van der Waals surface area (Å²) in [5, 5.41) is 3.46. The normalized spacial score (nSPS) is 17.0. The summed E-state index contributed by atoms with van der Waals surface area (Å²) < 4.78 is 0. The van der Waals surface area contributed by atoms with Crippen LogP contribution in [0.4, 0.5) is 0 Å². The molecule has 23 heavy (non-hydrogen) atoms. The number of unbranched alkanes of at least 4 members (excludes halogenated alkanes) is 1. The average molecular weight is 361 g/mol. The van der Waals surface area contributed by atoms with E-state index in [0.717, 1.165) is 13.1 Å². The molecule has 1 heterocycles. The lowest BCUT2D eigenvalue weighted by Gasteiger charge is -2.35. The van der Waals surface area contributed by atoms with Gasteiger partial charge >= 0.3 is 0 Å². The second-order valence-electron chi connectivity index (χ2n) is 7.32. The standard InChI is InChI=1S/C19H32N2.2ClH/c1-5-6-7-18(21-14-12-20-13-15-21)16-8-10-17(11-9-16)19(2,3)4;;/h8-11,18,20H,5-7,12-15H2,1-4H3;2*1H/t18-;;/m1../s1. The summed E-state index contributed by atoms with van der Waals surface area (Å²) in [6, 6.07) is 9.99. The molecule has 1 aliphatic heterocycles. The summed E-state index contributed by atoms with van der Waals surface area (Å²) in [7, 11) is 0. The topological polar surface area (TPSA) is 15.3 Å².